The van der Waals surface area contributed by atoms with E-state index in [-0.39, 0.29) is 0 Å². The van der Waals surface area contributed by atoms with E-state index in [0.29, 0.717) is 0 Å². The van der Waals surface area contributed by atoms with E-state index in [2.05, 4.69) is 5.32 Å². The van der Waals surface area contributed by atoms with Crippen molar-refractivity contribution in [2.24, 2.45) is 0 Å². The minimum atomic E-state index is -1.30. The molecule has 14 heavy (non-hydrogen) atoms. The van der Waals surface area contributed by atoms with Gasteiger partial charge in [0.05, 0.1) is 6.10 Å². The molecule has 0 aromatic rings. The molecule has 1 heterocycles. The van der Waals surface area contributed by atoms with Gasteiger partial charge < -0.3 is 25.4 Å². The molecule has 0 bridgehead atoms. The lowest BCUT2D eigenvalue weighted by molar-refractivity contribution is -0.242. The second kappa shape index (κ2) is 4.22. The summed E-state index contributed by atoms with van der Waals surface area (Å²) in [7, 11) is 0. The van der Waals surface area contributed by atoms with Crippen LogP contribution in [0.15, 0.2) is 0 Å². The fourth-order valence-electron chi connectivity index (χ4n) is 1.44. The Morgan fingerprint density at radius 1 is 1.29 bits per heavy atom. The molecule has 0 aliphatic carbocycles. The molecular weight excluding hydrogens is 190 g/mol. The summed E-state index contributed by atoms with van der Waals surface area (Å²) in [5.41, 5.74) is 0. The van der Waals surface area contributed by atoms with Gasteiger partial charge in [0, 0.05) is 6.92 Å². The first-order valence-corrected chi connectivity index (χ1v) is 4.40. The minimum Gasteiger partial charge on any atom is -0.388 e. The first-order valence-electron chi connectivity index (χ1n) is 4.40. The average molecular weight is 205 g/mol. The third-order valence-corrected chi connectivity index (χ3v) is 2.23. The predicted octanol–water partition coefficient (Wildman–Crippen LogP) is -2.05. The second-order valence-electron chi connectivity index (χ2n) is 3.44. The number of aliphatic hydroxyl groups is 3. The van der Waals surface area contributed by atoms with Crippen molar-refractivity contribution in [1.82, 2.24) is 5.32 Å². The lowest BCUT2D eigenvalue weighted by Gasteiger charge is -2.39. The van der Waals surface area contributed by atoms with Gasteiger partial charge in [-0.25, -0.2) is 0 Å². The van der Waals surface area contributed by atoms with Gasteiger partial charge in [0.2, 0.25) is 5.91 Å². The van der Waals surface area contributed by atoms with Gasteiger partial charge in [-0.1, -0.05) is 0 Å². The van der Waals surface area contributed by atoms with E-state index in [9.17, 15) is 20.1 Å². The zero-order valence-electron chi connectivity index (χ0n) is 8.04. The molecule has 6 heteroatoms. The SMILES string of the molecule is CC(=O)NC1C(O)OC(C)[C@@H](O)[C@@H]1O. The molecule has 1 aliphatic rings. The van der Waals surface area contributed by atoms with Crippen LogP contribution in [0.4, 0.5) is 0 Å². The molecule has 1 amide bonds. The number of ether oxygens (including phenoxy) is 1. The second-order valence-corrected chi connectivity index (χ2v) is 3.44. The standard InChI is InChI=1S/C8H15NO5/c1-3-6(11)7(12)5(8(13)14-3)9-4(2)10/h3,5-8,11-13H,1-2H3,(H,9,10)/t3?,5?,6-,7-,8?/m1/s1. The summed E-state index contributed by atoms with van der Waals surface area (Å²) in [5, 5.41) is 30.6. The van der Waals surface area contributed by atoms with Crippen LogP contribution in [0.1, 0.15) is 13.8 Å². The first-order chi connectivity index (χ1) is 6.43. The summed E-state index contributed by atoms with van der Waals surface area (Å²) in [6.45, 7) is 2.78. The lowest BCUT2D eigenvalue weighted by Crippen LogP contribution is -2.62. The van der Waals surface area contributed by atoms with Crippen molar-refractivity contribution in [2.45, 2.75) is 44.5 Å². The zero-order valence-corrected chi connectivity index (χ0v) is 8.04. The van der Waals surface area contributed by atoms with Gasteiger partial charge in [-0.2, -0.15) is 0 Å². The van der Waals surface area contributed by atoms with Crippen molar-refractivity contribution in [2.75, 3.05) is 0 Å². The van der Waals surface area contributed by atoms with Crippen LogP contribution in [0.25, 0.3) is 0 Å². The monoisotopic (exact) mass is 205 g/mol. The minimum absolute atomic E-state index is 0.404. The molecular formula is C8H15NO5. The van der Waals surface area contributed by atoms with Gasteiger partial charge in [-0.3, -0.25) is 4.79 Å². The van der Waals surface area contributed by atoms with Crippen molar-refractivity contribution in [3.63, 3.8) is 0 Å². The predicted molar refractivity (Wildman–Crippen MR) is 46.2 cm³/mol. The van der Waals surface area contributed by atoms with E-state index in [0.717, 1.165) is 0 Å². The largest absolute Gasteiger partial charge is 0.388 e. The van der Waals surface area contributed by atoms with E-state index >= 15 is 0 Å². The molecule has 1 rings (SSSR count). The number of hydrogen-bond acceptors (Lipinski definition) is 5. The van der Waals surface area contributed by atoms with Crippen LogP contribution in [-0.4, -0.2) is 51.9 Å². The Morgan fingerprint density at radius 2 is 1.86 bits per heavy atom. The molecule has 3 unspecified atom stereocenters. The Bertz CT molecular complexity index is 222. The van der Waals surface area contributed by atoms with Crippen molar-refractivity contribution in [3.8, 4) is 0 Å². The highest BCUT2D eigenvalue weighted by atomic mass is 16.6. The molecule has 82 valence electrons. The van der Waals surface area contributed by atoms with Crippen LogP contribution in [-0.2, 0) is 9.53 Å². The highest BCUT2D eigenvalue weighted by molar-refractivity contribution is 5.73. The van der Waals surface area contributed by atoms with Crippen molar-refractivity contribution in [1.29, 1.82) is 0 Å². The average Bonchev–Trinajstić information content (AvgIpc) is 2.09. The van der Waals surface area contributed by atoms with Gasteiger partial charge in [-0.05, 0) is 6.92 Å². The Balaban J connectivity index is 2.68. The number of aliphatic hydroxyl groups excluding tert-OH is 3. The van der Waals surface area contributed by atoms with Crippen molar-refractivity contribution < 1.29 is 24.9 Å². The molecule has 0 aromatic heterocycles. The van der Waals surface area contributed by atoms with E-state index < -0.39 is 36.6 Å². The van der Waals surface area contributed by atoms with Crippen molar-refractivity contribution in [3.05, 3.63) is 0 Å². The molecule has 4 N–H and O–H groups in total. The third-order valence-electron chi connectivity index (χ3n) is 2.23. The normalized spacial score (nSPS) is 43.4. The number of amides is 1. The first kappa shape index (κ1) is 11.4. The van der Waals surface area contributed by atoms with Crippen LogP contribution in [0, 0.1) is 0 Å². The maximum Gasteiger partial charge on any atom is 0.217 e. The highest BCUT2D eigenvalue weighted by Gasteiger charge is 2.42. The molecule has 1 aliphatic heterocycles. The smallest absolute Gasteiger partial charge is 0.217 e. The zero-order chi connectivity index (χ0) is 10.9. The molecule has 0 radical (unpaired) electrons. The van der Waals surface area contributed by atoms with Crippen LogP contribution in [0.2, 0.25) is 0 Å². The van der Waals surface area contributed by atoms with Crippen molar-refractivity contribution >= 4 is 5.91 Å². The number of rotatable bonds is 1. The van der Waals surface area contributed by atoms with E-state index in [4.69, 9.17) is 4.74 Å². The number of nitrogens with one attached hydrogen (secondary N) is 1. The fraction of sp³-hybridized carbons (Fsp3) is 0.875. The quantitative estimate of drug-likeness (QED) is 0.395. The van der Waals surface area contributed by atoms with E-state index in [1.165, 1.54) is 13.8 Å². The molecule has 0 aromatic carbocycles. The summed E-state index contributed by atoms with van der Waals surface area (Å²) in [5.74, 6) is -0.404. The van der Waals surface area contributed by atoms with Crippen LogP contribution >= 0.6 is 0 Å². The highest BCUT2D eigenvalue weighted by Crippen LogP contribution is 2.19. The Morgan fingerprint density at radius 3 is 2.36 bits per heavy atom. The molecule has 6 nitrogen and oxygen atoms in total. The summed E-state index contributed by atoms with van der Waals surface area (Å²) in [6, 6.07) is -0.987. The molecule has 1 fully saturated rings. The summed E-state index contributed by atoms with van der Waals surface area (Å²) >= 11 is 0. The Kier molecular flexibility index (Phi) is 3.43. The van der Waals surface area contributed by atoms with Gasteiger partial charge in [0.25, 0.3) is 0 Å². The van der Waals surface area contributed by atoms with Gasteiger partial charge >= 0.3 is 0 Å². The van der Waals surface area contributed by atoms with E-state index in [1.807, 2.05) is 0 Å². The van der Waals surface area contributed by atoms with Gasteiger partial charge in [-0.15, -0.1) is 0 Å². The molecule has 0 saturated carbocycles. The maximum absolute atomic E-state index is 10.7. The van der Waals surface area contributed by atoms with Gasteiger partial charge in [0.1, 0.15) is 18.2 Å². The summed E-state index contributed by atoms with van der Waals surface area (Å²) in [4.78, 5) is 10.7. The van der Waals surface area contributed by atoms with Gasteiger partial charge in [0.15, 0.2) is 6.29 Å². The number of hydrogen-bond donors (Lipinski definition) is 4. The topological polar surface area (TPSA) is 99.0 Å². The summed E-state index contributed by atoms with van der Waals surface area (Å²) in [6.07, 6.45) is -4.30. The fourth-order valence-corrected chi connectivity index (χ4v) is 1.44. The third kappa shape index (κ3) is 2.21. The van der Waals surface area contributed by atoms with Crippen LogP contribution in [0.3, 0.4) is 0 Å². The molecule has 0 spiro atoms. The Labute approximate surface area is 81.5 Å². The lowest BCUT2D eigenvalue weighted by atomic mass is 9.98. The summed E-state index contributed by atoms with van der Waals surface area (Å²) < 4.78 is 4.91. The molecule has 5 atom stereocenters. The number of carbonyl (C=O) groups excluding carboxylic acids is 1. The van der Waals surface area contributed by atoms with Crippen LogP contribution in [0.5, 0.6) is 0 Å². The maximum atomic E-state index is 10.7. The van der Waals surface area contributed by atoms with Crippen LogP contribution < -0.4 is 5.32 Å². The number of carbonyl (C=O) groups is 1. The van der Waals surface area contributed by atoms with E-state index in [1.54, 1.807) is 0 Å². The Hall–Kier alpha value is -0.690. The molecule has 1 saturated heterocycles.